The van der Waals surface area contributed by atoms with Crippen LogP contribution in [-0.2, 0) is 20.8 Å². The third-order valence-corrected chi connectivity index (χ3v) is 7.43. The zero-order valence-corrected chi connectivity index (χ0v) is 20.1. The Bertz CT molecular complexity index is 1440. The summed E-state index contributed by atoms with van der Waals surface area (Å²) in [5, 5.41) is 2.29. The molecule has 0 saturated heterocycles. The van der Waals surface area contributed by atoms with Crippen LogP contribution < -0.4 is 14.8 Å². The Labute approximate surface area is 211 Å². The molecule has 1 N–H and O–H groups in total. The lowest BCUT2D eigenvalue weighted by Gasteiger charge is -2.24. The first kappa shape index (κ1) is 28.7. The lowest BCUT2D eigenvalue weighted by atomic mass is 10.2. The molecule has 1 heterocycles. The summed E-state index contributed by atoms with van der Waals surface area (Å²) in [4.78, 5) is 16.0. The highest BCUT2D eigenvalue weighted by Crippen LogP contribution is 2.35. The number of carbonyl (C=O) groups excluding carboxylic acids is 1. The van der Waals surface area contributed by atoms with E-state index in [1.165, 1.54) is 6.07 Å². The van der Waals surface area contributed by atoms with Gasteiger partial charge in [-0.05, 0) is 56.3 Å². The molecule has 2 aromatic carbocycles. The van der Waals surface area contributed by atoms with Crippen LogP contribution in [0.2, 0.25) is 0 Å². The van der Waals surface area contributed by atoms with Crippen molar-refractivity contribution in [2.45, 2.75) is 36.0 Å². The monoisotopic (exact) mass is 566 g/mol. The number of nitrogens with one attached hydrogen (secondary N) is 1. The summed E-state index contributed by atoms with van der Waals surface area (Å²) < 4.78 is 122. The second-order valence-corrected chi connectivity index (χ2v) is 10.6. The van der Waals surface area contributed by atoms with E-state index in [0.29, 0.717) is 18.2 Å². The van der Waals surface area contributed by atoms with Crippen molar-refractivity contribution in [2.24, 2.45) is 0 Å². The quantitative estimate of drug-likeness (QED) is 0.347. The van der Waals surface area contributed by atoms with Gasteiger partial charge >= 0.3 is 12.5 Å². The van der Waals surface area contributed by atoms with Crippen LogP contribution in [0.3, 0.4) is 0 Å². The number of hydrogen-bond donors (Lipinski definition) is 1. The molecule has 15 heteroatoms. The molecule has 1 aromatic heterocycles. The van der Waals surface area contributed by atoms with Gasteiger partial charge in [0.1, 0.15) is 22.1 Å². The maximum atomic E-state index is 13.4. The highest BCUT2D eigenvalue weighted by Gasteiger charge is 2.43. The van der Waals surface area contributed by atoms with Crippen molar-refractivity contribution in [1.82, 2.24) is 4.98 Å². The molecule has 204 valence electrons. The first-order valence-electron chi connectivity index (χ1n) is 10.3. The molecule has 0 spiro atoms. The predicted octanol–water partition coefficient (Wildman–Crippen LogP) is 6.12. The standard InChI is InChI=1S/C23H17F7N2O5S/c1-21(2,38(34,35)16-5-3-4-15(10-16)37-23(28,29)30)20(33)32-13-6-9-19(31-12-13)36-14-7-8-18(24)17(11-14)22(25,26)27/h3-12H,1-2H3,(H,32,33). The summed E-state index contributed by atoms with van der Waals surface area (Å²) in [6, 6.07) is 7.85. The van der Waals surface area contributed by atoms with Gasteiger partial charge in [0.25, 0.3) is 0 Å². The van der Waals surface area contributed by atoms with Crippen molar-refractivity contribution in [2.75, 3.05) is 5.32 Å². The van der Waals surface area contributed by atoms with Crippen LogP contribution in [0.15, 0.2) is 65.7 Å². The summed E-state index contributed by atoms with van der Waals surface area (Å²) in [6.45, 7) is 2.07. The molecule has 7 nitrogen and oxygen atoms in total. The van der Waals surface area contributed by atoms with Crippen molar-refractivity contribution >= 4 is 21.4 Å². The highest BCUT2D eigenvalue weighted by molar-refractivity contribution is 7.93. The summed E-state index contributed by atoms with van der Waals surface area (Å²) >= 11 is 0. The lowest BCUT2D eigenvalue weighted by Crippen LogP contribution is -2.44. The minimum atomic E-state index is -5.06. The van der Waals surface area contributed by atoms with Crippen LogP contribution in [0.4, 0.5) is 36.4 Å². The Morgan fingerprint density at radius 3 is 2.18 bits per heavy atom. The second kappa shape index (κ2) is 10.1. The topological polar surface area (TPSA) is 94.6 Å². The maximum absolute atomic E-state index is 13.4. The SMILES string of the molecule is CC(C)(C(=O)Nc1ccc(Oc2ccc(F)c(C(F)(F)F)c2)nc1)S(=O)(=O)c1cccc(OC(F)(F)F)c1. The first-order valence-corrected chi connectivity index (χ1v) is 11.8. The number of hydrogen-bond acceptors (Lipinski definition) is 6. The van der Waals surface area contributed by atoms with Crippen LogP contribution in [-0.4, -0.2) is 30.4 Å². The van der Waals surface area contributed by atoms with Crippen molar-refractivity contribution in [1.29, 1.82) is 0 Å². The highest BCUT2D eigenvalue weighted by atomic mass is 32.2. The molecule has 38 heavy (non-hydrogen) atoms. The Balaban J connectivity index is 1.75. The van der Waals surface area contributed by atoms with Crippen molar-refractivity contribution in [3.63, 3.8) is 0 Å². The number of pyridine rings is 1. The Morgan fingerprint density at radius 1 is 0.921 bits per heavy atom. The van der Waals surface area contributed by atoms with Gasteiger partial charge in [-0.2, -0.15) is 13.2 Å². The van der Waals surface area contributed by atoms with E-state index >= 15 is 0 Å². The fraction of sp³-hybridized carbons (Fsp3) is 0.217. The van der Waals surface area contributed by atoms with Gasteiger partial charge in [0.2, 0.25) is 11.8 Å². The number of alkyl halides is 6. The molecular weight excluding hydrogens is 549 g/mol. The van der Waals surface area contributed by atoms with Crippen LogP contribution in [0, 0.1) is 5.82 Å². The van der Waals surface area contributed by atoms with Crippen LogP contribution >= 0.6 is 0 Å². The van der Waals surface area contributed by atoms with E-state index < -0.39 is 55.1 Å². The van der Waals surface area contributed by atoms with Gasteiger partial charge in [-0.1, -0.05) is 6.07 Å². The average molecular weight is 566 g/mol. The Morgan fingerprint density at radius 2 is 1.61 bits per heavy atom. The van der Waals surface area contributed by atoms with E-state index in [1.54, 1.807) is 0 Å². The largest absolute Gasteiger partial charge is 0.573 e. The van der Waals surface area contributed by atoms with Gasteiger partial charge in [-0.3, -0.25) is 4.79 Å². The molecule has 0 saturated carbocycles. The van der Waals surface area contributed by atoms with Crippen molar-refractivity contribution in [3.8, 4) is 17.4 Å². The fourth-order valence-corrected chi connectivity index (χ4v) is 4.37. The molecule has 0 aliphatic heterocycles. The summed E-state index contributed by atoms with van der Waals surface area (Å²) in [5.41, 5.74) is -1.58. The normalized spacial score (nSPS) is 12.7. The molecular formula is C23H17F7N2O5S. The molecule has 3 aromatic rings. The molecule has 3 rings (SSSR count). The third-order valence-electron chi connectivity index (χ3n) is 5.03. The van der Waals surface area contributed by atoms with Crippen LogP contribution in [0.25, 0.3) is 0 Å². The first-order chi connectivity index (χ1) is 17.4. The summed E-state index contributed by atoms with van der Waals surface area (Å²) in [5.74, 6) is -3.95. The van der Waals surface area contributed by atoms with Crippen molar-refractivity contribution < 1.29 is 53.4 Å². The molecule has 0 aliphatic carbocycles. The molecule has 0 unspecified atom stereocenters. The number of ether oxygens (including phenoxy) is 2. The van der Waals surface area contributed by atoms with E-state index in [1.807, 2.05) is 0 Å². The molecule has 0 bridgehead atoms. The number of halogens is 7. The molecule has 1 amide bonds. The summed E-state index contributed by atoms with van der Waals surface area (Å²) in [7, 11) is -4.53. The number of rotatable bonds is 7. The molecule has 0 fully saturated rings. The zero-order valence-electron chi connectivity index (χ0n) is 19.3. The predicted molar refractivity (Wildman–Crippen MR) is 119 cm³/mol. The summed E-state index contributed by atoms with van der Waals surface area (Å²) in [6.07, 6.45) is -9.00. The zero-order chi connectivity index (χ0) is 28.5. The van der Waals surface area contributed by atoms with Gasteiger partial charge in [0.15, 0.2) is 9.84 Å². The minimum Gasteiger partial charge on any atom is -0.439 e. The molecule has 0 atom stereocenters. The number of aromatic nitrogens is 1. The maximum Gasteiger partial charge on any atom is 0.573 e. The van der Waals surface area contributed by atoms with Crippen LogP contribution in [0.5, 0.6) is 17.4 Å². The van der Waals surface area contributed by atoms with E-state index in [4.69, 9.17) is 4.74 Å². The lowest BCUT2D eigenvalue weighted by molar-refractivity contribution is -0.274. The van der Waals surface area contributed by atoms with E-state index in [0.717, 1.165) is 50.4 Å². The van der Waals surface area contributed by atoms with E-state index in [2.05, 4.69) is 15.0 Å². The van der Waals surface area contributed by atoms with Gasteiger partial charge in [0, 0.05) is 6.07 Å². The molecule has 0 radical (unpaired) electrons. The van der Waals surface area contributed by atoms with E-state index in [9.17, 15) is 43.9 Å². The van der Waals surface area contributed by atoms with Crippen molar-refractivity contribution in [3.05, 3.63) is 72.2 Å². The van der Waals surface area contributed by atoms with Gasteiger partial charge in [-0.25, -0.2) is 17.8 Å². The van der Waals surface area contributed by atoms with Gasteiger partial charge in [-0.15, -0.1) is 13.2 Å². The second-order valence-electron chi connectivity index (χ2n) is 8.12. The average Bonchev–Trinajstić information content (AvgIpc) is 2.79. The Kier molecular flexibility index (Phi) is 7.64. The number of anilines is 1. The number of nitrogens with zero attached hydrogens (tertiary/aromatic N) is 1. The number of carbonyl (C=O) groups is 1. The Hall–Kier alpha value is -3.88. The number of sulfone groups is 1. The van der Waals surface area contributed by atoms with Crippen LogP contribution in [0.1, 0.15) is 19.4 Å². The minimum absolute atomic E-state index is 0.0325. The van der Waals surface area contributed by atoms with Gasteiger partial charge < -0.3 is 14.8 Å². The number of amides is 1. The smallest absolute Gasteiger partial charge is 0.439 e. The van der Waals surface area contributed by atoms with E-state index in [-0.39, 0.29) is 17.3 Å². The third kappa shape index (κ3) is 6.51. The number of benzene rings is 2. The molecule has 0 aliphatic rings. The van der Waals surface area contributed by atoms with Gasteiger partial charge in [0.05, 0.1) is 22.3 Å². The fourth-order valence-electron chi connectivity index (χ4n) is 2.96.